The molecule has 1 heterocycles. The number of fused-ring (bicyclic) bond motifs is 1. The molecule has 0 saturated carbocycles. The SMILES string of the molecule is CCNC(C)CC(C)Cc1ccc2ccccc2n1. The third-order valence-electron chi connectivity index (χ3n) is 3.52. The van der Waals surface area contributed by atoms with Gasteiger partial charge in [0.2, 0.25) is 0 Å². The van der Waals surface area contributed by atoms with Crippen LogP contribution in [0.3, 0.4) is 0 Å². The van der Waals surface area contributed by atoms with Gasteiger partial charge in [-0.15, -0.1) is 0 Å². The fourth-order valence-electron chi connectivity index (χ4n) is 2.70. The van der Waals surface area contributed by atoms with Gasteiger partial charge in [-0.3, -0.25) is 4.98 Å². The van der Waals surface area contributed by atoms with Crippen molar-refractivity contribution in [2.75, 3.05) is 6.54 Å². The normalized spacial score (nSPS) is 14.5. The first-order valence-electron chi connectivity index (χ1n) is 7.27. The Bertz CT molecular complexity index is 521. The zero-order valence-electron chi connectivity index (χ0n) is 12.2. The lowest BCUT2D eigenvalue weighted by Crippen LogP contribution is -2.27. The van der Waals surface area contributed by atoms with Crippen molar-refractivity contribution in [3.05, 3.63) is 42.1 Å². The first kappa shape index (κ1) is 14.0. The molecule has 2 nitrogen and oxygen atoms in total. The number of para-hydroxylation sites is 1. The largest absolute Gasteiger partial charge is 0.315 e. The Hall–Kier alpha value is -1.41. The second-order valence-electron chi connectivity index (χ2n) is 5.50. The number of nitrogens with one attached hydrogen (secondary N) is 1. The van der Waals surface area contributed by atoms with E-state index in [2.05, 4.69) is 62.5 Å². The van der Waals surface area contributed by atoms with Crippen LogP contribution in [0.4, 0.5) is 0 Å². The quantitative estimate of drug-likeness (QED) is 0.850. The number of hydrogen-bond donors (Lipinski definition) is 1. The molecule has 2 rings (SSSR count). The molecule has 0 aliphatic carbocycles. The summed E-state index contributed by atoms with van der Waals surface area (Å²) in [7, 11) is 0. The van der Waals surface area contributed by atoms with E-state index >= 15 is 0 Å². The highest BCUT2D eigenvalue weighted by Gasteiger charge is 2.09. The van der Waals surface area contributed by atoms with Crippen molar-refractivity contribution in [2.24, 2.45) is 5.92 Å². The first-order valence-corrected chi connectivity index (χ1v) is 7.27. The van der Waals surface area contributed by atoms with E-state index in [1.165, 1.54) is 17.5 Å². The number of nitrogens with zero attached hydrogens (tertiary/aromatic N) is 1. The molecular weight excluding hydrogens is 232 g/mol. The zero-order chi connectivity index (χ0) is 13.7. The van der Waals surface area contributed by atoms with E-state index in [1.807, 2.05) is 0 Å². The van der Waals surface area contributed by atoms with Crippen LogP contribution in [0.2, 0.25) is 0 Å². The Balaban J connectivity index is 2.00. The number of benzene rings is 1. The van der Waals surface area contributed by atoms with Gasteiger partial charge in [-0.2, -0.15) is 0 Å². The summed E-state index contributed by atoms with van der Waals surface area (Å²) in [5.41, 5.74) is 2.31. The molecule has 2 unspecified atom stereocenters. The second-order valence-corrected chi connectivity index (χ2v) is 5.50. The van der Waals surface area contributed by atoms with Gasteiger partial charge in [0.25, 0.3) is 0 Å². The van der Waals surface area contributed by atoms with Gasteiger partial charge < -0.3 is 5.32 Å². The minimum Gasteiger partial charge on any atom is -0.315 e. The molecule has 102 valence electrons. The predicted octanol–water partition coefficient (Wildman–Crippen LogP) is 3.80. The van der Waals surface area contributed by atoms with Gasteiger partial charge >= 0.3 is 0 Å². The molecule has 0 amide bonds. The van der Waals surface area contributed by atoms with Gasteiger partial charge in [-0.05, 0) is 44.4 Å². The Morgan fingerprint density at radius 2 is 1.89 bits per heavy atom. The van der Waals surface area contributed by atoms with E-state index in [0.717, 1.165) is 18.5 Å². The molecule has 1 aromatic heterocycles. The van der Waals surface area contributed by atoms with Crippen LogP contribution in [0.25, 0.3) is 10.9 Å². The zero-order valence-corrected chi connectivity index (χ0v) is 12.2. The molecule has 19 heavy (non-hydrogen) atoms. The summed E-state index contributed by atoms with van der Waals surface area (Å²) in [5, 5.41) is 4.69. The second kappa shape index (κ2) is 6.67. The average Bonchev–Trinajstić information content (AvgIpc) is 2.38. The molecule has 0 bridgehead atoms. The van der Waals surface area contributed by atoms with Crippen LogP contribution in [0, 0.1) is 5.92 Å². The lowest BCUT2D eigenvalue weighted by atomic mass is 9.97. The van der Waals surface area contributed by atoms with Gasteiger partial charge in [0.05, 0.1) is 5.52 Å². The minimum atomic E-state index is 0.584. The average molecular weight is 256 g/mol. The van der Waals surface area contributed by atoms with Crippen molar-refractivity contribution in [3.8, 4) is 0 Å². The molecular formula is C17H24N2. The highest BCUT2D eigenvalue weighted by Crippen LogP contribution is 2.16. The van der Waals surface area contributed by atoms with Crippen molar-refractivity contribution in [1.29, 1.82) is 0 Å². The Kier molecular flexibility index (Phi) is 4.92. The summed E-state index contributed by atoms with van der Waals surface area (Å²) in [4.78, 5) is 4.75. The highest BCUT2D eigenvalue weighted by molar-refractivity contribution is 5.78. The topological polar surface area (TPSA) is 24.9 Å². The first-order chi connectivity index (χ1) is 9.19. The van der Waals surface area contributed by atoms with Crippen LogP contribution in [0.1, 0.15) is 32.9 Å². The van der Waals surface area contributed by atoms with E-state index in [4.69, 9.17) is 4.98 Å². The molecule has 0 fully saturated rings. The van der Waals surface area contributed by atoms with E-state index in [-0.39, 0.29) is 0 Å². The maximum atomic E-state index is 4.75. The number of aromatic nitrogens is 1. The third-order valence-corrected chi connectivity index (χ3v) is 3.52. The van der Waals surface area contributed by atoms with E-state index in [0.29, 0.717) is 12.0 Å². The summed E-state index contributed by atoms with van der Waals surface area (Å²) in [6.07, 6.45) is 2.25. The lowest BCUT2D eigenvalue weighted by Gasteiger charge is -2.17. The molecule has 1 aromatic carbocycles. The van der Waals surface area contributed by atoms with Crippen LogP contribution < -0.4 is 5.32 Å². The molecule has 0 radical (unpaired) electrons. The smallest absolute Gasteiger partial charge is 0.0705 e. The summed E-state index contributed by atoms with van der Waals surface area (Å²) >= 11 is 0. The highest BCUT2D eigenvalue weighted by atomic mass is 14.9. The van der Waals surface area contributed by atoms with E-state index < -0.39 is 0 Å². The summed E-state index contributed by atoms with van der Waals surface area (Å²) < 4.78 is 0. The molecule has 1 N–H and O–H groups in total. The van der Waals surface area contributed by atoms with Crippen molar-refractivity contribution in [2.45, 2.75) is 39.7 Å². The van der Waals surface area contributed by atoms with Crippen LogP contribution in [-0.2, 0) is 6.42 Å². The van der Waals surface area contributed by atoms with E-state index in [9.17, 15) is 0 Å². The number of rotatable bonds is 6. The predicted molar refractivity (Wildman–Crippen MR) is 82.4 cm³/mol. The molecule has 0 aliphatic heterocycles. The maximum absolute atomic E-state index is 4.75. The molecule has 2 heteroatoms. The molecule has 0 aliphatic rings. The Morgan fingerprint density at radius 1 is 1.11 bits per heavy atom. The fourth-order valence-corrected chi connectivity index (χ4v) is 2.70. The van der Waals surface area contributed by atoms with Crippen LogP contribution in [0.15, 0.2) is 36.4 Å². The van der Waals surface area contributed by atoms with Gasteiger partial charge in [0, 0.05) is 17.1 Å². The standard InChI is InChI=1S/C17H24N2/c1-4-18-14(3)11-13(2)12-16-10-9-15-7-5-6-8-17(15)19-16/h5-10,13-14,18H,4,11-12H2,1-3H3. The van der Waals surface area contributed by atoms with Crippen LogP contribution in [-0.4, -0.2) is 17.6 Å². The van der Waals surface area contributed by atoms with Crippen molar-refractivity contribution < 1.29 is 0 Å². The number of pyridine rings is 1. The maximum Gasteiger partial charge on any atom is 0.0705 e. The van der Waals surface area contributed by atoms with E-state index in [1.54, 1.807) is 0 Å². The van der Waals surface area contributed by atoms with Gasteiger partial charge in [-0.1, -0.05) is 38.1 Å². The summed E-state index contributed by atoms with van der Waals surface area (Å²) in [6.45, 7) is 7.77. The minimum absolute atomic E-state index is 0.584. The van der Waals surface area contributed by atoms with Gasteiger partial charge in [-0.25, -0.2) is 0 Å². The summed E-state index contributed by atoms with van der Waals surface area (Å²) in [6, 6.07) is 13.2. The van der Waals surface area contributed by atoms with Crippen molar-refractivity contribution in [3.63, 3.8) is 0 Å². The molecule has 0 spiro atoms. The molecule has 0 saturated heterocycles. The van der Waals surface area contributed by atoms with Crippen LogP contribution in [0.5, 0.6) is 0 Å². The van der Waals surface area contributed by atoms with Crippen LogP contribution >= 0.6 is 0 Å². The molecule has 2 aromatic rings. The Labute approximate surface area is 116 Å². The lowest BCUT2D eigenvalue weighted by molar-refractivity contribution is 0.424. The van der Waals surface area contributed by atoms with Crippen molar-refractivity contribution >= 4 is 10.9 Å². The third kappa shape index (κ3) is 4.03. The summed E-state index contributed by atoms with van der Waals surface area (Å²) in [5.74, 6) is 0.655. The molecule has 2 atom stereocenters. The monoisotopic (exact) mass is 256 g/mol. The number of hydrogen-bond acceptors (Lipinski definition) is 2. The van der Waals surface area contributed by atoms with Gasteiger partial charge in [0.15, 0.2) is 0 Å². The van der Waals surface area contributed by atoms with Crippen molar-refractivity contribution in [1.82, 2.24) is 10.3 Å². The van der Waals surface area contributed by atoms with Gasteiger partial charge in [0.1, 0.15) is 0 Å². The fraction of sp³-hybridized carbons (Fsp3) is 0.471. The Morgan fingerprint density at radius 3 is 2.68 bits per heavy atom.